The fourth-order valence-corrected chi connectivity index (χ4v) is 2.40. The van der Waals surface area contributed by atoms with E-state index in [1.165, 1.54) is 5.56 Å². The third-order valence-electron chi connectivity index (χ3n) is 3.72. The lowest BCUT2D eigenvalue weighted by Gasteiger charge is -2.13. The van der Waals surface area contributed by atoms with Crippen LogP contribution in [0.4, 0.5) is 0 Å². The van der Waals surface area contributed by atoms with Crippen LogP contribution in [0.1, 0.15) is 18.4 Å². The molecule has 22 heavy (non-hydrogen) atoms. The Morgan fingerprint density at radius 3 is 2.64 bits per heavy atom. The molecule has 0 bridgehead atoms. The molecule has 0 aromatic heterocycles. The lowest BCUT2D eigenvalue weighted by atomic mass is 10.1. The molecule has 0 spiro atoms. The molecule has 1 aliphatic rings. The highest BCUT2D eigenvalue weighted by Crippen LogP contribution is 2.11. The van der Waals surface area contributed by atoms with E-state index in [-0.39, 0.29) is 12.5 Å². The second kappa shape index (κ2) is 8.26. The van der Waals surface area contributed by atoms with Gasteiger partial charge < -0.3 is 20.7 Å². The molecular formula is C16H24N4O2. The van der Waals surface area contributed by atoms with E-state index in [4.69, 9.17) is 10.5 Å². The highest BCUT2D eigenvalue weighted by Gasteiger charge is 2.16. The van der Waals surface area contributed by atoms with Crippen molar-refractivity contribution in [1.82, 2.24) is 10.2 Å². The number of amides is 1. The van der Waals surface area contributed by atoms with Gasteiger partial charge in [0.2, 0.25) is 5.91 Å². The number of aliphatic imine (C=N–C) groups is 1. The molecule has 0 unspecified atom stereocenters. The summed E-state index contributed by atoms with van der Waals surface area (Å²) < 4.78 is 5.12. The molecule has 0 aliphatic carbocycles. The first kappa shape index (κ1) is 16.1. The van der Waals surface area contributed by atoms with Crippen molar-refractivity contribution in [2.45, 2.75) is 19.3 Å². The molecule has 2 rings (SSSR count). The van der Waals surface area contributed by atoms with Crippen molar-refractivity contribution in [2.24, 2.45) is 10.7 Å². The predicted molar refractivity (Wildman–Crippen MR) is 87.0 cm³/mol. The quantitative estimate of drug-likeness (QED) is 0.601. The summed E-state index contributed by atoms with van der Waals surface area (Å²) in [6.45, 7) is 2.50. The molecule has 1 aliphatic heterocycles. The van der Waals surface area contributed by atoms with Gasteiger partial charge >= 0.3 is 0 Å². The largest absolute Gasteiger partial charge is 0.497 e. The first-order valence-electron chi connectivity index (χ1n) is 7.63. The van der Waals surface area contributed by atoms with E-state index in [9.17, 15) is 4.79 Å². The fourth-order valence-electron chi connectivity index (χ4n) is 2.40. The van der Waals surface area contributed by atoms with Gasteiger partial charge in [-0.2, -0.15) is 0 Å². The Hall–Kier alpha value is -2.24. The van der Waals surface area contributed by atoms with Crippen molar-refractivity contribution in [2.75, 3.05) is 33.3 Å². The topological polar surface area (TPSA) is 80.0 Å². The van der Waals surface area contributed by atoms with E-state index in [1.54, 1.807) is 7.11 Å². The van der Waals surface area contributed by atoms with Crippen LogP contribution in [0, 0.1) is 0 Å². The van der Waals surface area contributed by atoms with Gasteiger partial charge in [-0.05, 0) is 37.0 Å². The zero-order chi connectivity index (χ0) is 15.8. The molecule has 1 aromatic carbocycles. The number of rotatable bonds is 6. The SMILES string of the molecule is COc1ccc(CCNC(N)=NCC(=O)N2CCCC2)cc1. The number of guanidine groups is 1. The number of nitrogens with one attached hydrogen (secondary N) is 1. The summed E-state index contributed by atoms with van der Waals surface area (Å²) in [6.07, 6.45) is 3.01. The number of benzene rings is 1. The van der Waals surface area contributed by atoms with E-state index in [0.717, 1.165) is 38.1 Å². The van der Waals surface area contributed by atoms with Gasteiger partial charge in [0.05, 0.1) is 7.11 Å². The Morgan fingerprint density at radius 2 is 2.00 bits per heavy atom. The first-order valence-corrected chi connectivity index (χ1v) is 7.63. The third-order valence-corrected chi connectivity index (χ3v) is 3.72. The summed E-state index contributed by atoms with van der Waals surface area (Å²) in [7, 11) is 1.65. The maximum absolute atomic E-state index is 11.8. The van der Waals surface area contributed by atoms with Gasteiger partial charge in [0.1, 0.15) is 12.3 Å². The van der Waals surface area contributed by atoms with E-state index in [0.29, 0.717) is 12.5 Å². The number of likely N-dealkylation sites (tertiary alicyclic amines) is 1. The Balaban J connectivity index is 1.68. The predicted octanol–water partition coefficient (Wildman–Crippen LogP) is 0.764. The molecule has 0 saturated carbocycles. The standard InChI is InChI=1S/C16H24N4O2/c1-22-14-6-4-13(5-7-14)8-9-18-16(17)19-12-15(21)20-10-2-3-11-20/h4-7H,2-3,8-12H2,1H3,(H3,17,18,19). The van der Waals surface area contributed by atoms with Gasteiger partial charge in [-0.1, -0.05) is 12.1 Å². The van der Waals surface area contributed by atoms with Gasteiger partial charge in [-0.25, -0.2) is 4.99 Å². The number of ether oxygens (including phenoxy) is 1. The van der Waals surface area contributed by atoms with E-state index >= 15 is 0 Å². The lowest BCUT2D eigenvalue weighted by Crippen LogP contribution is -2.35. The molecule has 1 amide bonds. The van der Waals surface area contributed by atoms with Crippen LogP contribution in [-0.4, -0.2) is 50.1 Å². The maximum atomic E-state index is 11.8. The number of nitrogens with zero attached hydrogens (tertiary/aromatic N) is 2. The van der Waals surface area contributed by atoms with Crippen LogP contribution in [0.5, 0.6) is 5.75 Å². The smallest absolute Gasteiger partial charge is 0.244 e. The molecule has 1 heterocycles. The highest BCUT2D eigenvalue weighted by atomic mass is 16.5. The lowest BCUT2D eigenvalue weighted by molar-refractivity contribution is -0.128. The van der Waals surface area contributed by atoms with Crippen LogP contribution >= 0.6 is 0 Å². The van der Waals surface area contributed by atoms with Crippen LogP contribution < -0.4 is 15.8 Å². The minimum Gasteiger partial charge on any atom is -0.497 e. The first-order chi connectivity index (χ1) is 10.7. The molecule has 6 heteroatoms. The average molecular weight is 304 g/mol. The Bertz CT molecular complexity index is 507. The van der Waals surface area contributed by atoms with Crippen molar-refractivity contribution >= 4 is 11.9 Å². The zero-order valence-electron chi connectivity index (χ0n) is 13.0. The highest BCUT2D eigenvalue weighted by molar-refractivity contribution is 5.84. The number of methoxy groups -OCH3 is 1. The van der Waals surface area contributed by atoms with E-state index in [2.05, 4.69) is 10.3 Å². The molecule has 1 fully saturated rings. The monoisotopic (exact) mass is 304 g/mol. The summed E-state index contributed by atoms with van der Waals surface area (Å²) in [5.74, 6) is 1.22. The summed E-state index contributed by atoms with van der Waals surface area (Å²) in [6, 6.07) is 7.90. The number of carbonyl (C=O) groups is 1. The Kier molecular flexibility index (Phi) is 6.06. The summed E-state index contributed by atoms with van der Waals surface area (Å²) >= 11 is 0. The molecule has 1 saturated heterocycles. The Morgan fingerprint density at radius 1 is 1.32 bits per heavy atom. The van der Waals surface area contributed by atoms with Crippen LogP contribution in [0.2, 0.25) is 0 Å². The van der Waals surface area contributed by atoms with Crippen molar-refractivity contribution in [1.29, 1.82) is 0 Å². The molecule has 0 atom stereocenters. The fraction of sp³-hybridized carbons (Fsp3) is 0.500. The summed E-state index contributed by atoms with van der Waals surface area (Å²) in [5, 5.41) is 3.03. The van der Waals surface area contributed by atoms with Crippen LogP contribution in [0.15, 0.2) is 29.3 Å². The van der Waals surface area contributed by atoms with Crippen molar-refractivity contribution < 1.29 is 9.53 Å². The Labute approximate surface area is 131 Å². The summed E-state index contributed by atoms with van der Waals surface area (Å²) in [4.78, 5) is 17.8. The van der Waals surface area contributed by atoms with Crippen LogP contribution in [0.3, 0.4) is 0 Å². The molecular weight excluding hydrogens is 280 g/mol. The molecule has 0 radical (unpaired) electrons. The number of carbonyl (C=O) groups excluding carboxylic acids is 1. The number of hydrogen-bond donors (Lipinski definition) is 2. The number of hydrogen-bond acceptors (Lipinski definition) is 3. The summed E-state index contributed by atoms with van der Waals surface area (Å²) in [5.41, 5.74) is 6.97. The van der Waals surface area contributed by atoms with Crippen molar-refractivity contribution in [3.8, 4) is 5.75 Å². The van der Waals surface area contributed by atoms with Gasteiger partial charge in [0, 0.05) is 19.6 Å². The third kappa shape index (κ3) is 4.95. The molecule has 120 valence electrons. The van der Waals surface area contributed by atoms with E-state index < -0.39 is 0 Å². The molecule has 1 aromatic rings. The van der Waals surface area contributed by atoms with Gasteiger partial charge in [-0.3, -0.25) is 4.79 Å². The minimum atomic E-state index is 0.0532. The normalized spacial score (nSPS) is 15.0. The molecule has 6 nitrogen and oxygen atoms in total. The van der Waals surface area contributed by atoms with Crippen molar-refractivity contribution in [3.63, 3.8) is 0 Å². The minimum absolute atomic E-state index is 0.0532. The van der Waals surface area contributed by atoms with Gasteiger partial charge in [0.25, 0.3) is 0 Å². The molecule has 3 N–H and O–H groups in total. The van der Waals surface area contributed by atoms with Gasteiger partial charge in [-0.15, -0.1) is 0 Å². The van der Waals surface area contributed by atoms with Crippen molar-refractivity contribution in [3.05, 3.63) is 29.8 Å². The second-order valence-corrected chi connectivity index (χ2v) is 5.31. The van der Waals surface area contributed by atoms with Crippen LogP contribution in [0.25, 0.3) is 0 Å². The zero-order valence-corrected chi connectivity index (χ0v) is 13.0. The maximum Gasteiger partial charge on any atom is 0.244 e. The van der Waals surface area contributed by atoms with Crippen LogP contribution in [-0.2, 0) is 11.2 Å². The number of nitrogens with two attached hydrogens (primary N) is 1. The average Bonchev–Trinajstić information content (AvgIpc) is 3.08. The second-order valence-electron chi connectivity index (χ2n) is 5.31. The van der Waals surface area contributed by atoms with Gasteiger partial charge in [0.15, 0.2) is 5.96 Å². The van der Waals surface area contributed by atoms with E-state index in [1.807, 2.05) is 29.2 Å².